The molecule has 0 saturated heterocycles. The van der Waals surface area contributed by atoms with Crippen LogP contribution >= 0.6 is 0 Å². The monoisotopic (exact) mass is 302 g/mol. The van der Waals surface area contributed by atoms with Crippen LogP contribution in [-0.4, -0.2) is 18.3 Å². The van der Waals surface area contributed by atoms with Crippen LogP contribution in [0.1, 0.15) is 45.2 Å². The van der Waals surface area contributed by atoms with E-state index in [0.29, 0.717) is 0 Å². The first kappa shape index (κ1) is 16.6. The van der Waals surface area contributed by atoms with Crippen LogP contribution < -0.4 is 10.1 Å². The van der Waals surface area contributed by atoms with Crippen molar-refractivity contribution in [1.29, 1.82) is 0 Å². The standard InChI is InChI=1S/C18H26N2O2/c1-3-5-6-7-12-21-17-10-8-15(9-11-17)18-13-16(20-22-18)14-19-4-2/h8-11,13,19H,3-7,12,14H2,1-2H3. The Hall–Kier alpha value is -1.81. The van der Waals surface area contributed by atoms with Gasteiger partial charge < -0.3 is 14.6 Å². The summed E-state index contributed by atoms with van der Waals surface area (Å²) in [6, 6.07) is 9.98. The lowest BCUT2D eigenvalue weighted by atomic mass is 10.1. The van der Waals surface area contributed by atoms with E-state index >= 15 is 0 Å². The minimum absolute atomic E-state index is 0.735. The summed E-state index contributed by atoms with van der Waals surface area (Å²) in [5.74, 6) is 1.70. The number of ether oxygens (including phenoxy) is 1. The summed E-state index contributed by atoms with van der Waals surface area (Å²) < 4.78 is 11.1. The summed E-state index contributed by atoms with van der Waals surface area (Å²) in [6.07, 6.45) is 4.89. The van der Waals surface area contributed by atoms with E-state index in [1.54, 1.807) is 0 Å². The summed E-state index contributed by atoms with van der Waals surface area (Å²) in [7, 11) is 0. The molecule has 0 aliphatic rings. The van der Waals surface area contributed by atoms with E-state index in [0.717, 1.165) is 48.9 Å². The van der Waals surface area contributed by atoms with Gasteiger partial charge in [-0.3, -0.25) is 0 Å². The molecule has 0 fully saturated rings. The number of rotatable bonds is 10. The zero-order chi connectivity index (χ0) is 15.6. The van der Waals surface area contributed by atoms with Crippen molar-refractivity contribution in [2.45, 2.75) is 46.1 Å². The van der Waals surface area contributed by atoms with Gasteiger partial charge in [-0.05, 0) is 37.2 Å². The molecule has 0 spiro atoms. The molecule has 2 rings (SSSR count). The lowest BCUT2D eigenvalue weighted by Gasteiger charge is -2.06. The lowest BCUT2D eigenvalue weighted by Crippen LogP contribution is -2.11. The molecular weight excluding hydrogens is 276 g/mol. The van der Waals surface area contributed by atoms with Gasteiger partial charge in [0, 0.05) is 18.2 Å². The van der Waals surface area contributed by atoms with Gasteiger partial charge in [-0.2, -0.15) is 0 Å². The van der Waals surface area contributed by atoms with E-state index in [-0.39, 0.29) is 0 Å². The van der Waals surface area contributed by atoms with Crippen LogP contribution in [0, 0.1) is 0 Å². The maximum absolute atomic E-state index is 5.75. The Bertz CT molecular complexity index is 534. The third-order valence-corrected chi connectivity index (χ3v) is 3.52. The fourth-order valence-electron chi connectivity index (χ4n) is 2.22. The fraction of sp³-hybridized carbons (Fsp3) is 0.500. The molecule has 0 aliphatic carbocycles. The minimum Gasteiger partial charge on any atom is -0.494 e. The largest absolute Gasteiger partial charge is 0.494 e. The Morgan fingerprint density at radius 1 is 1.09 bits per heavy atom. The highest BCUT2D eigenvalue weighted by atomic mass is 16.5. The molecule has 0 radical (unpaired) electrons. The number of benzene rings is 1. The van der Waals surface area contributed by atoms with E-state index in [4.69, 9.17) is 9.26 Å². The van der Waals surface area contributed by atoms with Crippen molar-refractivity contribution in [2.24, 2.45) is 0 Å². The van der Waals surface area contributed by atoms with Gasteiger partial charge >= 0.3 is 0 Å². The molecule has 0 atom stereocenters. The van der Waals surface area contributed by atoms with Crippen molar-refractivity contribution in [3.05, 3.63) is 36.0 Å². The van der Waals surface area contributed by atoms with Crippen molar-refractivity contribution >= 4 is 0 Å². The molecule has 120 valence electrons. The zero-order valence-corrected chi connectivity index (χ0v) is 13.6. The fourth-order valence-corrected chi connectivity index (χ4v) is 2.22. The van der Waals surface area contributed by atoms with Crippen LogP contribution in [0.5, 0.6) is 5.75 Å². The maximum Gasteiger partial charge on any atom is 0.167 e. The summed E-state index contributed by atoms with van der Waals surface area (Å²) in [5, 5.41) is 7.30. The molecule has 0 aliphatic heterocycles. The van der Waals surface area contributed by atoms with Crippen LogP contribution in [0.3, 0.4) is 0 Å². The van der Waals surface area contributed by atoms with Crippen molar-refractivity contribution in [2.75, 3.05) is 13.2 Å². The second-order valence-corrected chi connectivity index (χ2v) is 5.40. The van der Waals surface area contributed by atoms with Crippen molar-refractivity contribution in [3.8, 4) is 17.1 Å². The molecule has 4 nitrogen and oxygen atoms in total. The van der Waals surface area contributed by atoms with Gasteiger partial charge in [-0.15, -0.1) is 0 Å². The second kappa shape index (κ2) is 9.26. The zero-order valence-electron chi connectivity index (χ0n) is 13.6. The lowest BCUT2D eigenvalue weighted by molar-refractivity contribution is 0.305. The molecule has 0 saturated carbocycles. The number of nitrogens with one attached hydrogen (secondary N) is 1. The van der Waals surface area contributed by atoms with Crippen LogP contribution in [0.15, 0.2) is 34.9 Å². The van der Waals surface area contributed by atoms with Gasteiger partial charge in [0.2, 0.25) is 0 Å². The van der Waals surface area contributed by atoms with Crippen molar-refractivity contribution in [3.63, 3.8) is 0 Å². The number of nitrogens with zero attached hydrogens (tertiary/aromatic N) is 1. The molecular formula is C18H26N2O2. The number of unbranched alkanes of at least 4 members (excludes halogenated alkanes) is 3. The summed E-state index contributed by atoms with van der Waals surface area (Å²) >= 11 is 0. The van der Waals surface area contributed by atoms with E-state index in [9.17, 15) is 0 Å². The third kappa shape index (κ3) is 5.19. The van der Waals surface area contributed by atoms with E-state index in [1.165, 1.54) is 19.3 Å². The first-order valence-corrected chi connectivity index (χ1v) is 8.23. The molecule has 22 heavy (non-hydrogen) atoms. The summed E-state index contributed by atoms with van der Waals surface area (Å²) in [4.78, 5) is 0. The Labute approximate surface area is 132 Å². The van der Waals surface area contributed by atoms with Gasteiger partial charge in [-0.1, -0.05) is 38.3 Å². The molecule has 4 heteroatoms. The van der Waals surface area contributed by atoms with Crippen LogP contribution in [0.25, 0.3) is 11.3 Å². The average Bonchev–Trinajstić information content (AvgIpc) is 3.02. The average molecular weight is 302 g/mol. The Kier molecular flexibility index (Phi) is 6.97. The number of aromatic nitrogens is 1. The number of hydrogen-bond donors (Lipinski definition) is 1. The quantitative estimate of drug-likeness (QED) is 0.660. The predicted octanol–water partition coefficient (Wildman–Crippen LogP) is 4.41. The number of hydrogen-bond acceptors (Lipinski definition) is 4. The van der Waals surface area contributed by atoms with Crippen LogP contribution in [-0.2, 0) is 6.54 Å². The van der Waals surface area contributed by atoms with Gasteiger partial charge in [-0.25, -0.2) is 0 Å². The van der Waals surface area contributed by atoms with E-state index in [2.05, 4.69) is 24.3 Å². The Morgan fingerprint density at radius 3 is 2.64 bits per heavy atom. The first-order valence-electron chi connectivity index (χ1n) is 8.23. The predicted molar refractivity (Wildman–Crippen MR) is 89.0 cm³/mol. The van der Waals surface area contributed by atoms with Crippen LogP contribution in [0.2, 0.25) is 0 Å². The molecule has 0 bridgehead atoms. The highest BCUT2D eigenvalue weighted by molar-refractivity contribution is 5.58. The Balaban J connectivity index is 1.84. The molecule has 0 unspecified atom stereocenters. The van der Waals surface area contributed by atoms with Gasteiger partial charge in [0.05, 0.1) is 12.3 Å². The highest BCUT2D eigenvalue weighted by Crippen LogP contribution is 2.23. The molecule has 1 heterocycles. The second-order valence-electron chi connectivity index (χ2n) is 5.40. The smallest absolute Gasteiger partial charge is 0.167 e. The molecule has 0 amide bonds. The van der Waals surface area contributed by atoms with E-state index < -0.39 is 0 Å². The van der Waals surface area contributed by atoms with Crippen molar-refractivity contribution < 1.29 is 9.26 Å². The SMILES string of the molecule is CCCCCCOc1ccc(-c2cc(CNCC)no2)cc1. The molecule has 2 aromatic rings. The van der Waals surface area contributed by atoms with Gasteiger partial charge in [0.15, 0.2) is 5.76 Å². The third-order valence-electron chi connectivity index (χ3n) is 3.52. The highest BCUT2D eigenvalue weighted by Gasteiger charge is 2.06. The van der Waals surface area contributed by atoms with Crippen LogP contribution in [0.4, 0.5) is 0 Å². The molecule has 1 aromatic carbocycles. The first-order chi connectivity index (χ1) is 10.8. The maximum atomic E-state index is 5.75. The Morgan fingerprint density at radius 2 is 1.91 bits per heavy atom. The summed E-state index contributed by atoms with van der Waals surface area (Å²) in [6.45, 7) is 6.73. The van der Waals surface area contributed by atoms with E-state index in [1.807, 2.05) is 30.3 Å². The molecule has 1 N–H and O–H groups in total. The normalized spacial score (nSPS) is 10.8. The van der Waals surface area contributed by atoms with Crippen molar-refractivity contribution in [1.82, 2.24) is 10.5 Å². The van der Waals surface area contributed by atoms with Gasteiger partial charge in [0.1, 0.15) is 5.75 Å². The molecule has 1 aromatic heterocycles. The minimum atomic E-state index is 0.735. The topological polar surface area (TPSA) is 47.3 Å². The summed E-state index contributed by atoms with van der Waals surface area (Å²) in [5.41, 5.74) is 1.95. The van der Waals surface area contributed by atoms with Gasteiger partial charge in [0.25, 0.3) is 0 Å².